The molecule has 0 bridgehead atoms. The van der Waals surface area contributed by atoms with Crippen LogP contribution in [-0.4, -0.2) is 33.1 Å². The topological polar surface area (TPSA) is 55.4 Å². The number of sulfone groups is 1. The van der Waals surface area contributed by atoms with Crippen molar-refractivity contribution in [3.05, 3.63) is 29.8 Å². The summed E-state index contributed by atoms with van der Waals surface area (Å²) in [5.74, 6) is 0.334. The van der Waals surface area contributed by atoms with Gasteiger partial charge in [-0.3, -0.25) is 0 Å². The third-order valence-electron chi connectivity index (χ3n) is 2.59. The molecule has 0 saturated heterocycles. The lowest BCUT2D eigenvalue weighted by Crippen LogP contribution is -2.26. The van der Waals surface area contributed by atoms with E-state index in [1.807, 2.05) is 31.2 Å². The highest BCUT2D eigenvalue weighted by atomic mass is 32.2. The maximum absolute atomic E-state index is 11.5. The quantitative estimate of drug-likeness (QED) is 0.825. The molecule has 1 aromatic carbocycles. The SMILES string of the molecule is CCS(=O)(=O)CC(C)Nc1cccc(COC)c1. The number of ether oxygens (including phenoxy) is 1. The fourth-order valence-corrected chi connectivity index (χ4v) is 2.82. The number of hydrogen-bond acceptors (Lipinski definition) is 4. The van der Waals surface area contributed by atoms with Crippen LogP contribution < -0.4 is 5.32 Å². The van der Waals surface area contributed by atoms with E-state index in [2.05, 4.69) is 5.32 Å². The van der Waals surface area contributed by atoms with Crippen LogP contribution in [0.15, 0.2) is 24.3 Å². The van der Waals surface area contributed by atoms with E-state index in [4.69, 9.17) is 4.74 Å². The van der Waals surface area contributed by atoms with Gasteiger partial charge in [-0.05, 0) is 24.6 Å². The number of hydrogen-bond donors (Lipinski definition) is 1. The highest BCUT2D eigenvalue weighted by Crippen LogP contribution is 2.13. The third kappa shape index (κ3) is 5.06. The van der Waals surface area contributed by atoms with Crippen LogP contribution in [0.1, 0.15) is 19.4 Å². The van der Waals surface area contributed by atoms with E-state index in [0.717, 1.165) is 11.3 Å². The molecule has 0 aliphatic heterocycles. The Kier molecular flexibility index (Phi) is 5.62. The molecule has 1 atom stereocenters. The molecule has 1 aromatic rings. The van der Waals surface area contributed by atoms with Gasteiger partial charge in [-0.15, -0.1) is 0 Å². The van der Waals surface area contributed by atoms with E-state index >= 15 is 0 Å². The first-order valence-corrected chi connectivity index (χ1v) is 7.84. The normalized spacial score (nSPS) is 13.3. The van der Waals surface area contributed by atoms with Crippen molar-refractivity contribution in [2.24, 2.45) is 0 Å². The minimum Gasteiger partial charge on any atom is -0.382 e. The van der Waals surface area contributed by atoms with Gasteiger partial charge in [-0.25, -0.2) is 8.42 Å². The lowest BCUT2D eigenvalue weighted by Gasteiger charge is -2.15. The lowest BCUT2D eigenvalue weighted by molar-refractivity contribution is 0.185. The van der Waals surface area contributed by atoms with Gasteiger partial charge in [0.05, 0.1) is 12.4 Å². The van der Waals surface area contributed by atoms with Gasteiger partial charge < -0.3 is 10.1 Å². The first kappa shape index (κ1) is 15.0. The summed E-state index contributed by atoms with van der Waals surface area (Å²) < 4.78 is 28.1. The van der Waals surface area contributed by atoms with Crippen molar-refractivity contribution in [3.8, 4) is 0 Å². The van der Waals surface area contributed by atoms with Gasteiger partial charge in [0.15, 0.2) is 9.84 Å². The van der Waals surface area contributed by atoms with Crippen LogP contribution in [0.5, 0.6) is 0 Å². The zero-order valence-corrected chi connectivity index (χ0v) is 12.0. The van der Waals surface area contributed by atoms with E-state index in [9.17, 15) is 8.42 Å². The maximum atomic E-state index is 11.5. The van der Waals surface area contributed by atoms with Crippen molar-refractivity contribution >= 4 is 15.5 Å². The average Bonchev–Trinajstić information content (AvgIpc) is 2.29. The van der Waals surface area contributed by atoms with Gasteiger partial charge >= 0.3 is 0 Å². The maximum Gasteiger partial charge on any atom is 0.152 e. The summed E-state index contributed by atoms with van der Waals surface area (Å²) in [4.78, 5) is 0. The Bertz CT molecular complexity index is 471. The molecular formula is C13H21NO3S. The van der Waals surface area contributed by atoms with E-state index in [0.29, 0.717) is 6.61 Å². The summed E-state index contributed by atoms with van der Waals surface area (Å²) in [5.41, 5.74) is 1.98. The minimum atomic E-state index is -2.95. The summed E-state index contributed by atoms with van der Waals surface area (Å²) in [6.45, 7) is 4.09. The summed E-state index contributed by atoms with van der Waals surface area (Å²) in [6.07, 6.45) is 0. The molecular weight excluding hydrogens is 250 g/mol. The van der Waals surface area contributed by atoms with Crippen LogP contribution >= 0.6 is 0 Å². The molecule has 1 unspecified atom stereocenters. The fourth-order valence-electron chi connectivity index (χ4n) is 1.74. The van der Waals surface area contributed by atoms with Crippen molar-refractivity contribution in [2.45, 2.75) is 26.5 Å². The monoisotopic (exact) mass is 271 g/mol. The van der Waals surface area contributed by atoms with Crippen molar-refractivity contribution in [2.75, 3.05) is 23.9 Å². The second-order valence-electron chi connectivity index (χ2n) is 4.38. The van der Waals surface area contributed by atoms with E-state index in [-0.39, 0.29) is 17.5 Å². The second kappa shape index (κ2) is 6.75. The number of nitrogens with one attached hydrogen (secondary N) is 1. The second-order valence-corrected chi connectivity index (χ2v) is 6.78. The molecule has 0 aliphatic carbocycles. The fraction of sp³-hybridized carbons (Fsp3) is 0.538. The van der Waals surface area contributed by atoms with Gasteiger partial charge in [-0.1, -0.05) is 19.1 Å². The molecule has 0 aliphatic rings. The molecule has 0 spiro atoms. The molecule has 1 N–H and O–H groups in total. The largest absolute Gasteiger partial charge is 0.382 e. The van der Waals surface area contributed by atoms with E-state index in [1.54, 1.807) is 14.0 Å². The summed E-state index contributed by atoms with van der Waals surface area (Å²) >= 11 is 0. The predicted octanol–water partition coefficient (Wildman–Crippen LogP) is 2.07. The molecule has 102 valence electrons. The first-order valence-electron chi connectivity index (χ1n) is 6.01. The van der Waals surface area contributed by atoms with Crippen LogP contribution in [0.25, 0.3) is 0 Å². The van der Waals surface area contributed by atoms with Gasteiger partial charge in [-0.2, -0.15) is 0 Å². The average molecular weight is 271 g/mol. The third-order valence-corrected chi connectivity index (χ3v) is 4.48. The van der Waals surface area contributed by atoms with Gasteiger partial charge in [0.25, 0.3) is 0 Å². The zero-order valence-electron chi connectivity index (χ0n) is 11.1. The Labute approximate surface area is 109 Å². The van der Waals surface area contributed by atoms with Crippen LogP contribution in [0.3, 0.4) is 0 Å². The number of benzene rings is 1. The summed E-state index contributed by atoms with van der Waals surface area (Å²) in [7, 11) is -1.30. The van der Waals surface area contributed by atoms with Crippen LogP contribution in [0.4, 0.5) is 5.69 Å². The lowest BCUT2D eigenvalue weighted by atomic mass is 10.2. The number of methoxy groups -OCH3 is 1. The Morgan fingerprint density at radius 2 is 2.11 bits per heavy atom. The van der Waals surface area contributed by atoms with Crippen molar-refractivity contribution in [1.29, 1.82) is 0 Å². The summed E-state index contributed by atoms with van der Waals surface area (Å²) in [5, 5.41) is 3.20. The molecule has 1 rings (SSSR count). The highest BCUT2D eigenvalue weighted by molar-refractivity contribution is 7.91. The smallest absolute Gasteiger partial charge is 0.152 e. The van der Waals surface area contributed by atoms with Crippen molar-refractivity contribution < 1.29 is 13.2 Å². The van der Waals surface area contributed by atoms with Gasteiger partial charge in [0, 0.05) is 24.6 Å². The van der Waals surface area contributed by atoms with E-state index in [1.165, 1.54) is 0 Å². The number of anilines is 1. The molecule has 18 heavy (non-hydrogen) atoms. The van der Waals surface area contributed by atoms with E-state index < -0.39 is 9.84 Å². The molecule has 4 nitrogen and oxygen atoms in total. The molecule has 0 aromatic heterocycles. The Balaban J connectivity index is 2.64. The zero-order chi connectivity index (χ0) is 13.6. The standard InChI is InChI=1S/C13H21NO3S/c1-4-18(15,16)10-11(2)14-13-7-5-6-12(8-13)9-17-3/h5-8,11,14H,4,9-10H2,1-3H3. The van der Waals surface area contributed by atoms with Crippen molar-refractivity contribution in [1.82, 2.24) is 0 Å². The van der Waals surface area contributed by atoms with Gasteiger partial charge in [0.2, 0.25) is 0 Å². The summed E-state index contributed by atoms with van der Waals surface area (Å²) in [6, 6.07) is 7.69. The molecule has 0 radical (unpaired) electrons. The van der Waals surface area contributed by atoms with Crippen LogP contribution in [0, 0.1) is 0 Å². The Morgan fingerprint density at radius 3 is 2.72 bits per heavy atom. The minimum absolute atomic E-state index is 0.104. The predicted molar refractivity (Wildman–Crippen MR) is 74.6 cm³/mol. The van der Waals surface area contributed by atoms with Crippen LogP contribution in [0.2, 0.25) is 0 Å². The Hall–Kier alpha value is -1.07. The molecule has 0 saturated carbocycles. The highest BCUT2D eigenvalue weighted by Gasteiger charge is 2.13. The van der Waals surface area contributed by atoms with Crippen LogP contribution in [-0.2, 0) is 21.2 Å². The van der Waals surface area contributed by atoms with Crippen molar-refractivity contribution in [3.63, 3.8) is 0 Å². The number of rotatable bonds is 7. The molecule has 5 heteroatoms. The molecule has 0 fully saturated rings. The Morgan fingerprint density at radius 1 is 1.39 bits per heavy atom. The first-order chi connectivity index (χ1) is 8.46. The van der Waals surface area contributed by atoms with Gasteiger partial charge in [0.1, 0.15) is 0 Å². The molecule has 0 amide bonds. The molecule has 0 heterocycles.